The van der Waals surface area contributed by atoms with Gasteiger partial charge in [0, 0.05) is 19.1 Å². The second kappa shape index (κ2) is 6.93. The lowest BCUT2D eigenvalue weighted by molar-refractivity contribution is 0.106. The highest BCUT2D eigenvalue weighted by Crippen LogP contribution is 2.33. The van der Waals surface area contributed by atoms with E-state index in [4.69, 9.17) is 5.73 Å². The number of nitrogens with two attached hydrogens (primary N) is 1. The van der Waals surface area contributed by atoms with E-state index < -0.39 is 0 Å². The third kappa shape index (κ3) is 3.49. The number of benzene rings is 1. The molecule has 1 aromatic rings. The van der Waals surface area contributed by atoms with Gasteiger partial charge in [-0.2, -0.15) is 0 Å². The summed E-state index contributed by atoms with van der Waals surface area (Å²) in [6, 6.07) is 9.56. The normalized spacial score (nSPS) is 28.7. The molecule has 2 nitrogen and oxygen atoms in total. The van der Waals surface area contributed by atoms with Crippen molar-refractivity contribution in [3.8, 4) is 0 Å². The van der Waals surface area contributed by atoms with Gasteiger partial charge in [-0.3, -0.25) is 4.90 Å². The van der Waals surface area contributed by atoms with E-state index in [0.717, 1.165) is 24.9 Å². The third-order valence-corrected chi connectivity index (χ3v) is 5.70. The predicted octanol–water partition coefficient (Wildman–Crippen LogP) is 3.59. The Labute approximate surface area is 129 Å². The first-order chi connectivity index (χ1) is 10.3. The van der Waals surface area contributed by atoms with Crippen LogP contribution in [0.3, 0.4) is 0 Å². The van der Waals surface area contributed by atoms with E-state index in [1.54, 1.807) is 5.56 Å². The molecule has 1 fully saturated rings. The Bertz CT molecular complexity index is 449. The highest BCUT2D eigenvalue weighted by molar-refractivity contribution is 5.28. The molecule has 0 saturated heterocycles. The number of fused-ring (bicyclic) bond motifs is 1. The molecule has 116 valence electrons. The maximum absolute atomic E-state index is 6.20. The van der Waals surface area contributed by atoms with E-state index in [9.17, 15) is 0 Å². The molecule has 0 radical (unpaired) electrons. The lowest BCUT2D eigenvalue weighted by Crippen LogP contribution is -2.46. The Hall–Kier alpha value is -0.860. The highest BCUT2D eigenvalue weighted by atomic mass is 15.2. The van der Waals surface area contributed by atoms with Crippen LogP contribution in [0.1, 0.15) is 50.2 Å². The minimum Gasteiger partial charge on any atom is -0.329 e. The van der Waals surface area contributed by atoms with Gasteiger partial charge in [-0.25, -0.2) is 0 Å². The Kier molecular flexibility index (Phi) is 4.97. The fourth-order valence-corrected chi connectivity index (χ4v) is 4.32. The molecule has 1 atom stereocenters. The van der Waals surface area contributed by atoms with E-state index in [-0.39, 0.29) is 0 Å². The van der Waals surface area contributed by atoms with Gasteiger partial charge in [-0.15, -0.1) is 0 Å². The Morgan fingerprint density at radius 1 is 1.14 bits per heavy atom. The maximum Gasteiger partial charge on any atom is 0.0250 e. The molecule has 2 N–H and O–H groups in total. The fourth-order valence-electron chi connectivity index (χ4n) is 4.32. The summed E-state index contributed by atoms with van der Waals surface area (Å²) in [4.78, 5) is 2.69. The van der Waals surface area contributed by atoms with E-state index in [2.05, 4.69) is 36.1 Å². The second-order valence-corrected chi connectivity index (χ2v) is 7.17. The van der Waals surface area contributed by atoms with Crippen LogP contribution in [0.2, 0.25) is 0 Å². The van der Waals surface area contributed by atoms with Crippen LogP contribution in [-0.4, -0.2) is 24.0 Å². The molecule has 1 unspecified atom stereocenters. The Morgan fingerprint density at radius 2 is 1.86 bits per heavy atom. The molecule has 1 aromatic carbocycles. The number of nitrogens with zero attached hydrogens (tertiary/aromatic N) is 1. The van der Waals surface area contributed by atoms with Crippen molar-refractivity contribution >= 4 is 0 Å². The fraction of sp³-hybridized carbons (Fsp3) is 0.684. The van der Waals surface area contributed by atoms with Crippen molar-refractivity contribution in [3.63, 3.8) is 0 Å². The summed E-state index contributed by atoms with van der Waals surface area (Å²) in [5, 5.41) is 0. The van der Waals surface area contributed by atoms with Crippen LogP contribution in [0.15, 0.2) is 24.3 Å². The Morgan fingerprint density at radius 3 is 2.57 bits per heavy atom. The molecular weight excluding hydrogens is 256 g/mol. The molecule has 1 aliphatic carbocycles. The van der Waals surface area contributed by atoms with Gasteiger partial charge >= 0.3 is 0 Å². The minimum absolute atomic E-state index is 0.587. The van der Waals surface area contributed by atoms with Crippen molar-refractivity contribution in [2.45, 2.75) is 58.0 Å². The summed E-state index contributed by atoms with van der Waals surface area (Å²) in [5.74, 6) is 1.74. The predicted molar refractivity (Wildman–Crippen MR) is 89.1 cm³/mol. The summed E-state index contributed by atoms with van der Waals surface area (Å²) < 4.78 is 0. The quantitative estimate of drug-likeness (QED) is 0.920. The highest BCUT2D eigenvalue weighted by Gasteiger charge is 2.30. The van der Waals surface area contributed by atoms with Crippen LogP contribution < -0.4 is 5.73 Å². The van der Waals surface area contributed by atoms with Crippen molar-refractivity contribution in [1.29, 1.82) is 0 Å². The van der Waals surface area contributed by atoms with Crippen molar-refractivity contribution in [3.05, 3.63) is 35.4 Å². The first-order valence-electron chi connectivity index (χ1n) is 8.79. The van der Waals surface area contributed by atoms with E-state index >= 15 is 0 Å². The molecule has 21 heavy (non-hydrogen) atoms. The molecule has 2 heteroatoms. The molecule has 0 aromatic heterocycles. The summed E-state index contributed by atoms with van der Waals surface area (Å²) in [5.41, 5.74) is 9.27. The zero-order valence-corrected chi connectivity index (χ0v) is 13.4. The molecule has 1 aliphatic heterocycles. The summed E-state index contributed by atoms with van der Waals surface area (Å²) in [7, 11) is 0. The lowest BCUT2D eigenvalue weighted by Gasteiger charge is -2.39. The number of hydrogen-bond acceptors (Lipinski definition) is 2. The van der Waals surface area contributed by atoms with Gasteiger partial charge in [0.05, 0.1) is 0 Å². The number of aryl methyl sites for hydroxylation is 1. The second-order valence-electron chi connectivity index (χ2n) is 7.17. The molecule has 0 amide bonds. The standard InChI is InChI=1S/C19H30N2/c1-15-8-10-17(11-9-15)19(13-20)21-12-4-7-16-5-2-3-6-18(16)14-21/h2-3,5-6,15,17,19H,4,7-14,20H2,1H3. The van der Waals surface area contributed by atoms with Gasteiger partial charge in [0.1, 0.15) is 0 Å². The maximum atomic E-state index is 6.20. The summed E-state index contributed by atoms with van der Waals surface area (Å²) >= 11 is 0. The van der Waals surface area contributed by atoms with Crippen molar-refractivity contribution < 1.29 is 0 Å². The third-order valence-electron chi connectivity index (χ3n) is 5.70. The number of rotatable bonds is 3. The minimum atomic E-state index is 0.587. The first kappa shape index (κ1) is 15.1. The van der Waals surface area contributed by atoms with Gasteiger partial charge in [0.2, 0.25) is 0 Å². The molecular formula is C19H30N2. The van der Waals surface area contributed by atoms with Crippen molar-refractivity contribution in [1.82, 2.24) is 4.90 Å². The van der Waals surface area contributed by atoms with Crippen molar-refractivity contribution in [2.75, 3.05) is 13.1 Å². The topological polar surface area (TPSA) is 29.3 Å². The molecule has 0 bridgehead atoms. The summed E-state index contributed by atoms with van der Waals surface area (Å²) in [6.07, 6.45) is 8.04. The monoisotopic (exact) mass is 286 g/mol. The van der Waals surface area contributed by atoms with E-state index in [0.29, 0.717) is 6.04 Å². The van der Waals surface area contributed by atoms with Crippen LogP contribution in [0.5, 0.6) is 0 Å². The van der Waals surface area contributed by atoms with Gasteiger partial charge in [0.25, 0.3) is 0 Å². The van der Waals surface area contributed by atoms with Crippen LogP contribution in [0, 0.1) is 11.8 Å². The molecule has 1 saturated carbocycles. The van der Waals surface area contributed by atoms with Gasteiger partial charge < -0.3 is 5.73 Å². The zero-order chi connectivity index (χ0) is 14.7. The Balaban J connectivity index is 1.72. The molecule has 1 heterocycles. The molecule has 2 aliphatic rings. The van der Waals surface area contributed by atoms with Crippen LogP contribution in [0.25, 0.3) is 0 Å². The first-order valence-corrected chi connectivity index (χ1v) is 8.79. The zero-order valence-electron chi connectivity index (χ0n) is 13.4. The van der Waals surface area contributed by atoms with Crippen LogP contribution in [0.4, 0.5) is 0 Å². The average molecular weight is 286 g/mol. The summed E-state index contributed by atoms with van der Waals surface area (Å²) in [6.45, 7) is 5.53. The van der Waals surface area contributed by atoms with Gasteiger partial charge in [-0.1, -0.05) is 44.0 Å². The van der Waals surface area contributed by atoms with Crippen molar-refractivity contribution in [2.24, 2.45) is 17.6 Å². The average Bonchev–Trinajstić information content (AvgIpc) is 2.72. The lowest BCUT2D eigenvalue weighted by atomic mass is 9.78. The smallest absolute Gasteiger partial charge is 0.0250 e. The van der Waals surface area contributed by atoms with E-state index in [1.165, 1.54) is 50.6 Å². The largest absolute Gasteiger partial charge is 0.329 e. The molecule has 3 rings (SSSR count). The SMILES string of the molecule is CC1CCC(C(CN)N2CCCc3ccccc3C2)CC1. The van der Waals surface area contributed by atoms with Crippen LogP contribution >= 0.6 is 0 Å². The molecule has 0 spiro atoms. The number of hydrogen-bond donors (Lipinski definition) is 1. The van der Waals surface area contributed by atoms with Gasteiger partial charge in [0.15, 0.2) is 0 Å². The van der Waals surface area contributed by atoms with Crippen LogP contribution in [-0.2, 0) is 13.0 Å². The van der Waals surface area contributed by atoms with E-state index in [1.807, 2.05) is 0 Å². The van der Waals surface area contributed by atoms with Gasteiger partial charge in [-0.05, 0) is 55.2 Å².